The quantitative estimate of drug-likeness (QED) is 0.488. The van der Waals surface area contributed by atoms with Crippen LogP contribution in [0.3, 0.4) is 0 Å². The van der Waals surface area contributed by atoms with Crippen LogP contribution in [0.15, 0.2) is 48.5 Å². The Morgan fingerprint density at radius 3 is 2.09 bits per heavy atom. The average Bonchev–Trinajstić information content (AvgIpc) is 3.04. The van der Waals surface area contributed by atoms with Gasteiger partial charge in [0.05, 0.1) is 13.2 Å². The predicted molar refractivity (Wildman–Crippen MR) is 118 cm³/mol. The first-order valence-corrected chi connectivity index (χ1v) is 11.1. The summed E-state index contributed by atoms with van der Waals surface area (Å²) < 4.78 is 11.2. The van der Waals surface area contributed by atoms with E-state index in [-0.39, 0.29) is 13.2 Å². The molecule has 3 aliphatic heterocycles. The van der Waals surface area contributed by atoms with Crippen molar-refractivity contribution in [3.63, 3.8) is 0 Å². The predicted octanol–water partition coefficient (Wildman–Crippen LogP) is 1.52. The maximum absolute atomic E-state index is 12.8. The lowest BCUT2D eigenvalue weighted by Gasteiger charge is -2.36. The van der Waals surface area contributed by atoms with Gasteiger partial charge in [-0.05, 0) is 23.3 Å². The Labute approximate surface area is 192 Å². The fourth-order valence-corrected chi connectivity index (χ4v) is 4.31. The summed E-state index contributed by atoms with van der Waals surface area (Å²) in [6.45, 7) is 5.16. The first-order valence-electron chi connectivity index (χ1n) is 11.1. The number of ether oxygens (including phenoxy) is 2. The standard InChI is InChI=1S/C24H26N4O5/c29-22-23(30)28(24(31)27(22)16-18-4-2-1-3-5-18)17-26-10-8-25(9-11-26)15-19-6-7-20-21(14-19)33-13-12-32-20/h1-7,14H,8-13,15-17H2. The molecule has 0 radical (unpaired) electrons. The maximum atomic E-state index is 12.8. The lowest BCUT2D eigenvalue weighted by molar-refractivity contribution is -0.144. The summed E-state index contributed by atoms with van der Waals surface area (Å²) in [6, 6.07) is 14.7. The van der Waals surface area contributed by atoms with E-state index in [1.54, 1.807) is 0 Å². The first-order chi connectivity index (χ1) is 16.1. The van der Waals surface area contributed by atoms with E-state index in [1.807, 2.05) is 53.4 Å². The van der Waals surface area contributed by atoms with Crippen molar-refractivity contribution >= 4 is 17.8 Å². The number of hydrogen-bond acceptors (Lipinski definition) is 7. The lowest BCUT2D eigenvalue weighted by atomic mass is 10.1. The number of piperazine rings is 1. The molecule has 9 nitrogen and oxygen atoms in total. The minimum Gasteiger partial charge on any atom is -0.486 e. The molecule has 0 atom stereocenters. The van der Waals surface area contributed by atoms with Crippen LogP contribution in [0.4, 0.5) is 4.79 Å². The third-order valence-electron chi connectivity index (χ3n) is 6.14. The molecule has 3 aliphatic rings. The topological polar surface area (TPSA) is 82.6 Å². The van der Waals surface area contributed by atoms with Crippen LogP contribution in [0.2, 0.25) is 0 Å². The largest absolute Gasteiger partial charge is 0.486 e. The van der Waals surface area contributed by atoms with Crippen LogP contribution in [-0.4, -0.2) is 83.5 Å². The molecule has 0 aromatic heterocycles. The Morgan fingerprint density at radius 2 is 1.33 bits per heavy atom. The van der Waals surface area contributed by atoms with Crippen molar-refractivity contribution in [1.29, 1.82) is 0 Å². The number of carbonyl (C=O) groups excluding carboxylic acids is 3. The van der Waals surface area contributed by atoms with E-state index >= 15 is 0 Å². The fraction of sp³-hybridized carbons (Fsp3) is 0.375. The van der Waals surface area contributed by atoms with Crippen LogP contribution in [0, 0.1) is 0 Å². The van der Waals surface area contributed by atoms with Gasteiger partial charge in [-0.15, -0.1) is 0 Å². The Morgan fingerprint density at radius 1 is 0.667 bits per heavy atom. The van der Waals surface area contributed by atoms with Crippen molar-refractivity contribution in [2.24, 2.45) is 0 Å². The average molecular weight is 450 g/mol. The van der Waals surface area contributed by atoms with Crippen LogP contribution in [0.25, 0.3) is 0 Å². The molecule has 2 saturated heterocycles. The van der Waals surface area contributed by atoms with E-state index in [0.717, 1.165) is 52.1 Å². The zero-order valence-corrected chi connectivity index (χ0v) is 18.3. The SMILES string of the molecule is O=C1C(=O)N(CN2CCN(Cc3ccc4c(c3)OCCO4)CC2)C(=O)N1Cc1ccccc1. The molecule has 4 amide bonds. The highest BCUT2D eigenvalue weighted by Crippen LogP contribution is 2.31. The summed E-state index contributed by atoms with van der Waals surface area (Å²) in [5.74, 6) is 0.0505. The van der Waals surface area contributed by atoms with Gasteiger partial charge in [0.15, 0.2) is 11.5 Å². The normalized spacial score (nSPS) is 19.5. The molecule has 0 spiro atoms. The second-order valence-electron chi connectivity index (χ2n) is 8.41. The molecule has 0 unspecified atom stereocenters. The molecule has 0 N–H and O–H groups in total. The van der Waals surface area contributed by atoms with Gasteiger partial charge in [-0.3, -0.25) is 24.3 Å². The van der Waals surface area contributed by atoms with Gasteiger partial charge in [0.2, 0.25) is 0 Å². The molecule has 0 aliphatic carbocycles. The Bertz CT molecular complexity index is 1050. The number of hydrogen-bond donors (Lipinski definition) is 0. The van der Waals surface area contributed by atoms with Gasteiger partial charge in [-0.25, -0.2) is 9.69 Å². The third kappa shape index (κ3) is 4.55. The molecule has 2 aromatic carbocycles. The molecule has 2 aromatic rings. The summed E-state index contributed by atoms with van der Waals surface area (Å²) in [5, 5.41) is 0. The van der Waals surface area contributed by atoms with Crippen LogP contribution < -0.4 is 9.47 Å². The van der Waals surface area contributed by atoms with Crippen molar-refractivity contribution in [2.45, 2.75) is 13.1 Å². The maximum Gasteiger partial charge on any atom is 0.335 e. The summed E-state index contributed by atoms with van der Waals surface area (Å²) >= 11 is 0. The first kappa shape index (κ1) is 21.4. The highest BCUT2D eigenvalue weighted by Gasteiger charge is 2.45. The smallest absolute Gasteiger partial charge is 0.335 e. The van der Waals surface area contributed by atoms with Crippen LogP contribution in [0.1, 0.15) is 11.1 Å². The van der Waals surface area contributed by atoms with Gasteiger partial charge in [-0.1, -0.05) is 36.4 Å². The van der Waals surface area contributed by atoms with E-state index in [9.17, 15) is 14.4 Å². The van der Waals surface area contributed by atoms with Gasteiger partial charge in [0, 0.05) is 32.7 Å². The Kier molecular flexibility index (Phi) is 5.97. The number of benzene rings is 2. The van der Waals surface area contributed by atoms with E-state index in [4.69, 9.17) is 9.47 Å². The molecular weight excluding hydrogens is 424 g/mol. The zero-order chi connectivity index (χ0) is 22.8. The van der Waals surface area contributed by atoms with E-state index in [1.165, 1.54) is 0 Å². The zero-order valence-electron chi connectivity index (χ0n) is 18.3. The van der Waals surface area contributed by atoms with Crippen molar-refractivity contribution in [1.82, 2.24) is 19.6 Å². The van der Waals surface area contributed by atoms with Crippen molar-refractivity contribution in [2.75, 3.05) is 46.1 Å². The second-order valence-corrected chi connectivity index (χ2v) is 8.41. The van der Waals surface area contributed by atoms with Crippen molar-refractivity contribution < 1.29 is 23.9 Å². The van der Waals surface area contributed by atoms with E-state index < -0.39 is 17.8 Å². The fourth-order valence-electron chi connectivity index (χ4n) is 4.31. The summed E-state index contributed by atoms with van der Waals surface area (Å²) in [6.07, 6.45) is 0. The number of fused-ring (bicyclic) bond motifs is 1. The van der Waals surface area contributed by atoms with E-state index in [0.29, 0.717) is 26.3 Å². The number of amides is 4. The minimum absolute atomic E-state index is 0.101. The molecule has 33 heavy (non-hydrogen) atoms. The Balaban J connectivity index is 1.14. The number of imide groups is 2. The second kappa shape index (κ2) is 9.21. The lowest BCUT2D eigenvalue weighted by Crippen LogP contribution is -2.51. The molecule has 9 heteroatoms. The molecule has 0 bridgehead atoms. The van der Waals surface area contributed by atoms with Crippen molar-refractivity contribution in [3.05, 3.63) is 59.7 Å². The molecule has 2 fully saturated rings. The summed E-state index contributed by atoms with van der Waals surface area (Å²) in [7, 11) is 0. The van der Waals surface area contributed by atoms with Gasteiger partial charge in [0.25, 0.3) is 0 Å². The van der Waals surface area contributed by atoms with Crippen molar-refractivity contribution in [3.8, 4) is 11.5 Å². The van der Waals surface area contributed by atoms with E-state index in [2.05, 4.69) is 4.90 Å². The molecule has 172 valence electrons. The molecular formula is C24H26N4O5. The van der Waals surface area contributed by atoms with Gasteiger partial charge in [0.1, 0.15) is 13.2 Å². The number of urea groups is 1. The minimum atomic E-state index is -0.763. The monoisotopic (exact) mass is 450 g/mol. The van der Waals surface area contributed by atoms with Gasteiger partial charge in [-0.2, -0.15) is 0 Å². The summed E-state index contributed by atoms with van der Waals surface area (Å²) in [4.78, 5) is 44.1. The third-order valence-corrected chi connectivity index (χ3v) is 6.14. The van der Waals surface area contributed by atoms with Crippen LogP contribution in [0.5, 0.6) is 11.5 Å². The van der Waals surface area contributed by atoms with Gasteiger partial charge >= 0.3 is 17.8 Å². The van der Waals surface area contributed by atoms with Crippen LogP contribution in [-0.2, 0) is 22.7 Å². The molecule has 3 heterocycles. The Hall–Kier alpha value is -3.43. The molecule has 0 saturated carbocycles. The van der Waals surface area contributed by atoms with Crippen LogP contribution >= 0.6 is 0 Å². The number of carbonyl (C=O) groups is 3. The highest BCUT2D eigenvalue weighted by molar-refractivity contribution is 6.44. The molecule has 5 rings (SSSR count). The number of nitrogens with zero attached hydrogens (tertiary/aromatic N) is 4. The van der Waals surface area contributed by atoms with Gasteiger partial charge < -0.3 is 9.47 Å². The number of rotatable bonds is 6. The summed E-state index contributed by atoms with van der Waals surface area (Å²) in [5.41, 5.74) is 1.96. The highest BCUT2D eigenvalue weighted by atomic mass is 16.6.